The van der Waals surface area contributed by atoms with E-state index in [0.717, 1.165) is 0 Å². The van der Waals surface area contributed by atoms with Crippen LogP contribution >= 0.6 is 0 Å². The number of carboxylic acids is 2. The first-order valence-electron chi connectivity index (χ1n) is 2.90. The molecule has 84 valence electrons. The van der Waals surface area contributed by atoms with Gasteiger partial charge < -0.3 is 30.7 Å². The molecule has 0 fully saturated rings. The van der Waals surface area contributed by atoms with Gasteiger partial charge in [0.2, 0.25) is 0 Å². The van der Waals surface area contributed by atoms with E-state index in [4.69, 9.17) is 15.2 Å². The van der Waals surface area contributed by atoms with Gasteiger partial charge in [-0.15, -0.1) is 0 Å². The molecule has 0 aromatic heterocycles. The molecule has 0 unspecified atom stereocenters. The Hall–Kier alpha value is -2.14. The summed E-state index contributed by atoms with van der Waals surface area (Å²) in [7, 11) is -2.57. The standard InChI is InChI=1S/C4H3BO9.H3N/c6-1(7)3(10)13-5(12)14-4(11)2(8)9;/h12H,(H,6,7)(H,8,9);1H3. The van der Waals surface area contributed by atoms with Gasteiger partial charge in [0.1, 0.15) is 0 Å². The van der Waals surface area contributed by atoms with E-state index in [9.17, 15) is 19.2 Å². The number of hydrogen-bond acceptors (Lipinski definition) is 8. The minimum Gasteiger partial charge on any atom is -0.473 e. The third-order valence-electron chi connectivity index (χ3n) is 0.765. The summed E-state index contributed by atoms with van der Waals surface area (Å²) in [4.78, 5) is 40.0. The molecule has 0 radical (unpaired) electrons. The van der Waals surface area contributed by atoms with Gasteiger partial charge in [0, 0.05) is 0 Å². The van der Waals surface area contributed by atoms with E-state index in [2.05, 4.69) is 9.31 Å². The zero-order chi connectivity index (χ0) is 11.3. The molecule has 0 bridgehead atoms. The molecule has 0 atom stereocenters. The van der Waals surface area contributed by atoms with E-state index in [-0.39, 0.29) is 6.15 Å². The first-order chi connectivity index (χ1) is 6.34. The topological polar surface area (TPSA) is 182 Å². The first-order valence-corrected chi connectivity index (χ1v) is 2.90. The van der Waals surface area contributed by atoms with Crippen molar-refractivity contribution >= 4 is 31.2 Å². The molecule has 6 N–H and O–H groups in total. The summed E-state index contributed by atoms with van der Waals surface area (Å²) in [5, 5.41) is 24.3. The number of carbonyl (C=O) groups excluding carboxylic acids is 2. The second kappa shape index (κ2) is 6.34. The van der Waals surface area contributed by atoms with Crippen molar-refractivity contribution in [2.75, 3.05) is 0 Å². The lowest BCUT2D eigenvalue weighted by Crippen LogP contribution is -2.34. The fourth-order valence-corrected chi connectivity index (χ4v) is 0.308. The van der Waals surface area contributed by atoms with Crippen LogP contribution in [-0.4, -0.2) is 46.4 Å². The molecule has 15 heavy (non-hydrogen) atoms. The van der Waals surface area contributed by atoms with E-state index < -0.39 is 31.2 Å². The molecule has 0 aliphatic carbocycles. The maximum Gasteiger partial charge on any atom is 0.789 e. The molecule has 11 heteroatoms. The number of rotatable bonds is 2. The van der Waals surface area contributed by atoms with Crippen LogP contribution in [0.25, 0.3) is 0 Å². The molecule has 0 heterocycles. The van der Waals surface area contributed by atoms with Crippen LogP contribution in [0.5, 0.6) is 0 Å². The smallest absolute Gasteiger partial charge is 0.473 e. The Kier molecular flexibility index (Phi) is 6.48. The highest BCUT2D eigenvalue weighted by Crippen LogP contribution is 1.88. The highest BCUT2D eigenvalue weighted by molar-refractivity contribution is 6.48. The summed E-state index contributed by atoms with van der Waals surface area (Å²) in [6.45, 7) is 0. The summed E-state index contributed by atoms with van der Waals surface area (Å²) in [5.74, 6) is -7.85. The van der Waals surface area contributed by atoms with Crippen LogP contribution in [0.3, 0.4) is 0 Å². The van der Waals surface area contributed by atoms with Crippen molar-refractivity contribution < 1.29 is 43.7 Å². The Bertz CT molecular complexity index is 260. The second-order valence-electron chi connectivity index (χ2n) is 1.73. The van der Waals surface area contributed by atoms with E-state index in [0.29, 0.717) is 0 Å². The molecule has 0 aromatic rings. The molecule has 0 spiro atoms. The summed E-state index contributed by atoms with van der Waals surface area (Å²) >= 11 is 0. The molecule has 0 aliphatic heterocycles. The third kappa shape index (κ3) is 6.01. The van der Waals surface area contributed by atoms with Crippen LogP contribution in [-0.2, 0) is 28.5 Å². The summed E-state index contributed by atoms with van der Waals surface area (Å²) in [5.41, 5.74) is 0. The maximum atomic E-state index is 10.2. The lowest BCUT2D eigenvalue weighted by molar-refractivity contribution is -0.164. The van der Waals surface area contributed by atoms with Crippen molar-refractivity contribution in [3.05, 3.63) is 0 Å². The summed E-state index contributed by atoms with van der Waals surface area (Å²) < 4.78 is 7.09. The molecule has 0 saturated heterocycles. The van der Waals surface area contributed by atoms with Gasteiger partial charge in [-0.25, -0.2) is 19.2 Å². The predicted octanol–water partition coefficient (Wildman–Crippen LogP) is -2.62. The van der Waals surface area contributed by atoms with Gasteiger partial charge in [-0.1, -0.05) is 0 Å². The minimum atomic E-state index is -2.57. The van der Waals surface area contributed by atoms with Crippen molar-refractivity contribution in [3.63, 3.8) is 0 Å². The Balaban J connectivity index is 0. The molecular weight excluding hydrogens is 217 g/mol. The Morgan fingerprint density at radius 1 is 0.867 bits per heavy atom. The first kappa shape index (κ1) is 15.3. The lowest BCUT2D eigenvalue weighted by Gasteiger charge is -2.03. The van der Waals surface area contributed by atoms with Crippen molar-refractivity contribution in [1.82, 2.24) is 6.15 Å². The second-order valence-corrected chi connectivity index (χ2v) is 1.73. The third-order valence-corrected chi connectivity index (χ3v) is 0.765. The van der Waals surface area contributed by atoms with Gasteiger partial charge in [-0.3, -0.25) is 0 Å². The summed E-state index contributed by atoms with van der Waals surface area (Å²) in [6, 6.07) is 0. The SMILES string of the molecule is N.O=C(O)C(=O)OB(O)OC(=O)C(=O)O. The molecule has 10 nitrogen and oxygen atoms in total. The van der Waals surface area contributed by atoms with Crippen LogP contribution < -0.4 is 6.15 Å². The monoisotopic (exact) mass is 223 g/mol. The van der Waals surface area contributed by atoms with Crippen molar-refractivity contribution in [2.45, 2.75) is 0 Å². The fourth-order valence-electron chi connectivity index (χ4n) is 0.308. The largest absolute Gasteiger partial charge is 0.789 e. The fraction of sp³-hybridized carbons (Fsp3) is 0. The van der Waals surface area contributed by atoms with Gasteiger partial charge in [0.15, 0.2) is 0 Å². The van der Waals surface area contributed by atoms with Gasteiger partial charge in [0.25, 0.3) is 0 Å². The highest BCUT2D eigenvalue weighted by atomic mass is 16.7. The van der Waals surface area contributed by atoms with Crippen molar-refractivity contribution in [3.8, 4) is 0 Å². The van der Waals surface area contributed by atoms with E-state index in [1.165, 1.54) is 0 Å². The Morgan fingerprint density at radius 3 is 1.33 bits per heavy atom. The van der Waals surface area contributed by atoms with Crippen LogP contribution in [0.4, 0.5) is 0 Å². The van der Waals surface area contributed by atoms with E-state index in [1.54, 1.807) is 0 Å². The summed E-state index contributed by atoms with van der Waals surface area (Å²) in [6.07, 6.45) is 0. The Morgan fingerprint density at radius 2 is 1.13 bits per heavy atom. The highest BCUT2D eigenvalue weighted by Gasteiger charge is 2.32. The van der Waals surface area contributed by atoms with Crippen molar-refractivity contribution in [2.24, 2.45) is 0 Å². The molecule has 0 rings (SSSR count). The number of aliphatic carboxylic acids is 2. The van der Waals surface area contributed by atoms with Crippen LogP contribution in [0.1, 0.15) is 0 Å². The average molecular weight is 223 g/mol. The molecule has 0 saturated carbocycles. The predicted molar refractivity (Wildman–Crippen MR) is 40.5 cm³/mol. The zero-order valence-corrected chi connectivity index (χ0v) is 7.08. The van der Waals surface area contributed by atoms with E-state index >= 15 is 0 Å². The number of carbonyl (C=O) groups is 4. The molecule has 0 aromatic carbocycles. The lowest BCUT2D eigenvalue weighted by atomic mass is 10.2. The Labute approximate surface area is 82.2 Å². The van der Waals surface area contributed by atoms with Gasteiger partial charge in [-0.05, 0) is 0 Å². The zero-order valence-electron chi connectivity index (χ0n) is 7.08. The molecule has 0 amide bonds. The van der Waals surface area contributed by atoms with E-state index in [1.807, 2.05) is 0 Å². The number of carboxylic acid groups (broad SMARTS) is 2. The minimum absolute atomic E-state index is 0. The van der Waals surface area contributed by atoms with Crippen LogP contribution in [0, 0.1) is 0 Å². The molecular formula is C4H6BNO9. The normalized spacial score (nSPS) is 8.07. The van der Waals surface area contributed by atoms with Gasteiger partial charge in [0.05, 0.1) is 0 Å². The van der Waals surface area contributed by atoms with Gasteiger partial charge >= 0.3 is 31.2 Å². The van der Waals surface area contributed by atoms with Gasteiger partial charge in [-0.2, -0.15) is 0 Å². The number of hydrogen-bond donors (Lipinski definition) is 4. The van der Waals surface area contributed by atoms with Crippen LogP contribution in [0.2, 0.25) is 0 Å². The maximum absolute atomic E-state index is 10.2. The van der Waals surface area contributed by atoms with Crippen LogP contribution in [0.15, 0.2) is 0 Å². The molecule has 0 aliphatic rings. The average Bonchev–Trinajstić information content (AvgIpc) is 2.03. The quantitative estimate of drug-likeness (QED) is 0.285. The van der Waals surface area contributed by atoms with Crippen molar-refractivity contribution in [1.29, 1.82) is 0 Å².